The van der Waals surface area contributed by atoms with Gasteiger partial charge in [-0.25, -0.2) is 0 Å². The molecule has 0 bridgehead atoms. The summed E-state index contributed by atoms with van der Waals surface area (Å²) in [6, 6.07) is 1.41. The number of ether oxygens (including phenoxy) is 5. The molecule has 2 aliphatic carbocycles. The summed E-state index contributed by atoms with van der Waals surface area (Å²) in [7, 11) is 0. The Bertz CT molecular complexity index is 650. The topological polar surface area (TPSA) is 72.9 Å². The van der Waals surface area contributed by atoms with Crippen molar-refractivity contribution in [3.05, 3.63) is 0 Å². The molecule has 0 unspecified atom stereocenters. The summed E-state index contributed by atoms with van der Waals surface area (Å²) >= 11 is 0. The lowest BCUT2D eigenvalue weighted by molar-refractivity contribution is -0.255. The van der Waals surface area contributed by atoms with Crippen molar-refractivity contribution in [3.8, 4) is 0 Å². The Labute approximate surface area is 245 Å². The van der Waals surface area contributed by atoms with E-state index in [1.165, 1.54) is 32.1 Å². The maximum absolute atomic E-state index is 9.25. The van der Waals surface area contributed by atoms with Gasteiger partial charge in [0.05, 0.1) is 0 Å². The SMILES string of the molecule is CCOC1(OCC)CCN([C@@H]2CC[C@H](CO)C2)CC1.CCOC[C@H]1CC[C@@H](N2CCC(OCC)(OCC)CC2)C1. The van der Waals surface area contributed by atoms with Gasteiger partial charge < -0.3 is 28.8 Å². The van der Waals surface area contributed by atoms with Crippen LogP contribution in [0.5, 0.6) is 0 Å². The van der Waals surface area contributed by atoms with E-state index in [-0.39, 0.29) is 11.6 Å². The van der Waals surface area contributed by atoms with E-state index in [2.05, 4.69) is 30.6 Å². The summed E-state index contributed by atoms with van der Waals surface area (Å²) in [5.41, 5.74) is 0. The average molecular weight is 571 g/mol. The van der Waals surface area contributed by atoms with Crippen LogP contribution in [0.25, 0.3) is 0 Å². The lowest BCUT2D eigenvalue weighted by atomic mass is 10.0. The molecule has 4 aliphatic rings. The van der Waals surface area contributed by atoms with Crippen molar-refractivity contribution in [2.45, 2.75) is 122 Å². The molecule has 8 nitrogen and oxygen atoms in total. The van der Waals surface area contributed by atoms with Crippen molar-refractivity contribution in [1.82, 2.24) is 9.80 Å². The molecule has 2 heterocycles. The summed E-state index contributed by atoms with van der Waals surface area (Å²) in [6.45, 7) is 19.6. The molecule has 0 aromatic carbocycles. The van der Waals surface area contributed by atoms with Crippen molar-refractivity contribution >= 4 is 0 Å². The fourth-order valence-corrected chi connectivity index (χ4v) is 7.53. The van der Waals surface area contributed by atoms with Crippen LogP contribution in [0.1, 0.15) is 98.8 Å². The van der Waals surface area contributed by atoms with Gasteiger partial charge in [-0.2, -0.15) is 0 Å². The van der Waals surface area contributed by atoms with Gasteiger partial charge in [-0.1, -0.05) is 0 Å². The second-order valence-corrected chi connectivity index (χ2v) is 12.1. The van der Waals surface area contributed by atoms with Crippen molar-refractivity contribution < 1.29 is 28.8 Å². The average Bonchev–Trinajstić information content (AvgIpc) is 3.64. The Kier molecular flexibility index (Phi) is 15.1. The van der Waals surface area contributed by atoms with E-state index in [0.717, 1.165) is 110 Å². The standard InChI is InChI=1S/C17H33NO3.C15H29NO3/c1-4-19-14-15-7-8-16(13-15)18-11-9-17(10-12-18,20-5-2)21-6-3;1-3-18-15(19-4-2)7-9-16(10-8-15)14-6-5-13(11-14)12-17/h15-16H,4-14H2,1-3H3;13-14,17H,3-12H2,1-2H3/t15-,16+;13-,14+/m00/s1. The molecule has 0 aromatic rings. The number of nitrogens with zero attached hydrogens (tertiary/aromatic N) is 2. The highest BCUT2D eigenvalue weighted by Gasteiger charge is 2.40. The number of aliphatic hydroxyl groups excluding tert-OH is 1. The fourth-order valence-electron chi connectivity index (χ4n) is 7.53. The number of aliphatic hydroxyl groups is 1. The molecular weight excluding hydrogens is 508 g/mol. The van der Waals surface area contributed by atoms with Gasteiger partial charge in [-0.15, -0.1) is 0 Å². The number of likely N-dealkylation sites (tertiary alicyclic amines) is 2. The van der Waals surface area contributed by atoms with E-state index < -0.39 is 0 Å². The Morgan fingerprint density at radius 1 is 0.575 bits per heavy atom. The quantitative estimate of drug-likeness (QED) is 0.290. The Balaban J connectivity index is 0.000000222. The van der Waals surface area contributed by atoms with Crippen molar-refractivity contribution in [1.29, 1.82) is 0 Å². The van der Waals surface area contributed by atoms with Crippen LogP contribution in [-0.2, 0) is 23.7 Å². The van der Waals surface area contributed by atoms with Gasteiger partial charge >= 0.3 is 0 Å². The van der Waals surface area contributed by atoms with Gasteiger partial charge in [0.1, 0.15) is 0 Å². The Morgan fingerprint density at radius 3 is 1.32 bits per heavy atom. The zero-order valence-electron chi connectivity index (χ0n) is 26.5. The van der Waals surface area contributed by atoms with E-state index in [1.54, 1.807) is 0 Å². The van der Waals surface area contributed by atoms with Gasteiger partial charge in [-0.3, -0.25) is 9.80 Å². The zero-order valence-corrected chi connectivity index (χ0v) is 26.5. The summed E-state index contributed by atoms with van der Waals surface area (Å²) < 4.78 is 29.2. The minimum Gasteiger partial charge on any atom is -0.396 e. The third-order valence-corrected chi connectivity index (χ3v) is 9.62. The second-order valence-electron chi connectivity index (χ2n) is 12.1. The third kappa shape index (κ3) is 9.87. The smallest absolute Gasteiger partial charge is 0.170 e. The number of hydrogen-bond donors (Lipinski definition) is 1. The number of piperidine rings is 2. The monoisotopic (exact) mass is 570 g/mol. The predicted molar refractivity (Wildman–Crippen MR) is 159 cm³/mol. The largest absolute Gasteiger partial charge is 0.396 e. The molecule has 8 heteroatoms. The first-order valence-electron chi connectivity index (χ1n) is 16.7. The van der Waals surface area contributed by atoms with Crippen LogP contribution in [0, 0.1) is 11.8 Å². The zero-order chi connectivity index (χ0) is 28.8. The van der Waals surface area contributed by atoms with Crippen LogP contribution in [0.4, 0.5) is 0 Å². The highest BCUT2D eigenvalue weighted by molar-refractivity contribution is 4.89. The van der Waals surface area contributed by atoms with Crippen molar-refractivity contribution in [2.24, 2.45) is 11.8 Å². The summed E-state index contributed by atoms with van der Waals surface area (Å²) in [6.07, 6.45) is 11.5. The minimum atomic E-state index is -0.338. The summed E-state index contributed by atoms with van der Waals surface area (Å²) in [4.78, 5) is 5.23. The highest BCUT2D eigenvalue weighted by atomic mass is 16.7. The lowest BCUT2D eigenvalue weighted by Crippen LogP contribution is -2.50. The van der Waals surface area contributed by atoms with Crippen LogP contribution >= 0.6 is 0 Å². The fraction of sp³-hybridized carbons (Fsp3) is 1.00. The van der Waals surface area contributed by atoms with Crippen LogP contribution in [0.15, 0.2) is 0 Å². The molecule has 4 rings (SSSR count). The van der Waals surface area contributed by atoms with Gasteiger partial charge in [0.2, 0.25) is 0 Å². The molecule has 40 heavy (non-hydrogen) atoms. The Morgan fingerprint density at radius 2 is 0.975 bits per heavy atom. The van der Waals surface area contributed by atoms with Gasteiger partial charge in [0.15, 0.2) is 11.6 Å². The van der Waals surface area contributed by atoms with Gasteiger partial charge in [-0.05, 0) is 85.0 Å². The maximum Gasteiger partial charge on any atom is 0.170 e. The lowest BCUT2D eigenvalue weighted by Gasteiger charge is -2.43. The number of hydrogen-bond acceptors (Lipinski definition) is 8. The molecule has 2 saturated heterocycles. The molecule has 1 N–H and O–H groups in total. The third-order valence-electron chi connectivity index (χ3n) is 9.62. The number of rotatable bonds is 14. The Hall–Kier alpha value is -0.320. The van der Waals surface area contributed by atoms with Crippen LogP contribution < -0.4 is 0 Å². The first-order chi connectivity index (χ1) is 19.5. The molecule has 2 saturated carbocycles. The van der Waals surface area contributed by atoms with E-state index in [4.69, 9.17) is 23.7 Å². The van der Waals surface area contributed by atoms with Gasteiger partial charge in [0.25, 0.3) is 0 Å². The predicted octanol–water partition coefficient (Wildman–Crippen LogP) is 5.07. The molecule has 2 aliphatic heterocycles. The van der Waals surface area contributed by atoms with Crippen LogP contribution in [0.3, 0.4) is 0 Å². The van der Waals surface area contributed by atoms with Gasteiger partial charge in [0, 0.05) is 110 Å². The normalized spacial score (nSPS) is 30.8. The van der Waals surface area contributed by atoms with Crippen molar-refractivity contribution in [2.75, 3.05) is 72.4 Å². The molecule has 0 radical (unpaired) electrons. The molecule has 236 valence electrons. The summed E-state index contributed by atoms with van der Waals surface area (Å²) in [5, 5.41) is 9.25. The molecular formula is C32H62N2O6. The molecule has 0 spiro atoms. The van der Waals surface area contributed by atoms with E-state index >= 15 is 0 Å². The summed E-state index contributed by atoms with van der Waals surface area (Å²) in [5.74, 6) is 0.633. The molecule has 0 amide bonds. The molecule has 4 atom stereocenters. The van der Waals surface area contributed by atoms with Crippen LogP contribution in [-0.4, -0.2) is 111 Å². The van der Waals surface area contributed by atoms with Crippen LogP contribution in [0.2, 0.25) is 0 Å². The van der Waals surface area contributed by atoms with Crippen molar-refractivity contribution in [3.63, 3.8) is 0 Å². The second kappa shape index (κ2) is 17.7. The minimum absolute atomic E-state index is 0.316. The van der Waals surface area contributed by atoms with E-state index in [9.17, 15) is 5.11 Å². The molecule has 4 fully saturated rings. The first-order valence-corrected chi connectivity index (χ1v) is 16.7. The highest BCUT2D eigenvalue weighted by Crippen LogP contribution is 2.36. The van der Waals surface area contributed by atoms with E-state index in [0.29, 0.717) is 18.6 Å². The first kappa shape index (κ1) is 34.2. The molecule has 0 aromatic heterocycles. The maximum atomic E-state index is 9.25. The van der Waals surface area contributed by atoms with E-state index in [1.807, 2.05) is 13.8 Å².